The van der Waals surface area contributed by atoms with Gasteiger partial charge in [0.1, 0.15) is 5.82 Å². The van der Waals surface area contributed by atoms with Crippen LogP contribution < -0.4 is 0 Å². The van der Waals surface area contributed by atoms with E-state index in [1.165, 1.54) is 18.0 Å². The second-order valence-corrected chi connectivity index (χ2v) is 5.40. The Labute approximate surface area is 115 Å². The number of benzene rings is 1. The Hall–Kier alpha value is -0.840. The highest BCUT2D eigenvalue weighted by atomic mass is 35.5. The number of carbonyl (C=O) groups is 1. The Morgan fingerprint density at radius 2 is 1.94 bits per heavy atom. The number of carbonyl (C=O) groups excluding carboxylic acids is 1. The number of nitrogens with zero attached hydrogens (tertiary/aromatic N) is 1. The fraction of sp³-hybridized carbons (Fsp3) is 0.417. The van der Waals surface area contributed by atoms with Crippen LogP contribution in [0.1, 0.15) is 24.2 Å². The van der Waals surface area contributed by atoms with E-state index in [1.807, 2.05) is 0 Å². The van der Waals surface area contributed by atoms with Crippen LogP contribution in [0.15, 0.2) is 12.1 Å². The van der Waals surface area contributed by atoms with Crippen molar-refractivity contribution < 1.29 is 14.3 Å². The van der Waals surface area contributed by atoms with Crippen molar-refractivity contribution in [3.8, 4) is 0 Å². The summed E-state index contributed by atoms with van der Waals surface area (Å²) in [5.41, 5.74) is -0.751. The third kappa shape index (κ3) is 2.94. The number of aliphatic hydroxyl groups is 1. The van der Waals surface area contributed by atoms with Crippen LogP contribution in [0.25, 0.3) is 0 Å². The molecule has 0 saturated heterocycles. The second kappa shape index (κ2) is 5.43. The predicted octanol–water partition coefficient (Wildman–Crippen LogP) is 2.98. The molecule has 0 aliphatic heterocycles. The maximum Gasteiger partial charge on any atom is 0.255 e. The molecule has 0 spiro atoms. The van der Waals surface area contributed by atoms with E-state index >= 15 is 0 Å². The molecular weight excluding hydrogens is 280 g/mol. The first-order valence-corrected chi connectivity index (χ1v) is 6.00. The summed E-state index contributed by atoms with van der Waals surface area (Å²) in [6, 6.07) is 2.18. The minimum Gasteiger partial charge on any atom is -0.394 e. The summed E-state index contributed by atoms with van der Waals surface area (Å²) in [6.07, 6.45) is 0. The minimum absolute atomic E-state index is 0.0163. The molecule has 0 bridgehead atoms. The van der Waals surface area contributed by atoms with Gasteiger partial charge in [0.2, 0.25) is 0 Å². The average molecular weight is 294 g/mol. The fourth-order valence-electron chi connectivity index (χ4n) is 1.25. The SMILES string of the molecule is CN(C(=O)c1cc(F)c(Cl)cc1Cl)C(C)(C)CO. The van der Waals surface area contributed by atoms with Gasteiger partial charge in [-0.3, -0.25) is 4.79 Å². The molecule has 100 valence electrons. The molecule has 0 radical (unpaired) electrons. The van der Waals surface area contributed by atoms with Crippen LogP contribution in [-0.2, 0) is 0 Å². The predicted molar refractivity (Wildman–Crippen MR) is 69.7 cm³/mol. The van der Waals surface area contributed by atoms with E-state index in [0.29, 0.717) is 0 Å². The van der Waals surface area contributed by atoms with E-state index in [2.05, 4.69) is 0 Å². The van der Waals surface area contributed by atoms with Gasteiger partial charge in [-0.15, -0.1) is 0 Å². The first-order valence-electron chi connectivity index (χ1n) is 5.24. The monoisotopic (exact) mass is 293 g/mol. The van der Waals surface area contributed by atoms with Gasteiger partial charge in [-0.2, -0.15) is 0 Å². The summed E-state index contributed by atoms with van der Waals surface area (Å²) in [5.74, 6) is -1.19. The first-order chi connectivity index (χ1) is 8.20. The van der Waals surface area contributed by atoms with E-state index in [1.54, 1.807) is 13.8 Å². The molecule has 0 aliphatic rings. The van der Waals surface area contributed by atoms with Gasteiger partial charge in [0.05, 0.1) is 27.8 Å². The number of hydrogen-bond donors (Lipinski definition) is 1. The van der Waals surface area contributed by atoms with Gasteiger partial charge in [-0.05, 0) is 26.0 Å². The van der Waals surface area contributed by atoms with Crippen molar-refractivity contribution in [3.05, 3.63) is 33.6 Å². The Morgan fingerprint density at radius 3 is 2.44 bits per heavy atom. The topological polar surface area (TPSA) is 40.5 Å². The van der Waals surface area contributed by atoms with Gasteiger partial charge in [0, 0.05) is 7.05 Å². The molecule has 1 N–H and O–H groups in total. The lowest BCUT2D eigenvalue weighted by atomic mass is 10.0. The Morgan fingerprint density at radius 1 is 1.39 bits per heavy atom. The summed E-state index contributed by atoms with van der Waals surface area (Å²) in [5, 5.41) is 9.14. The van der Waals surface area contributed by atoms with Crippen LogP contribution in [0.4, 0.5) is 4.39 Å². The fourth-order valence-corrected chi connectivity index (χ4v) is 1.71. The van der Waals surface area contributed by atoms with Crippen LogP contribution in [0.2, 0.25) is 10.0 Å². The van der Waals surface area contributed by atoms with Crippen molar-refractivity contribution in [2.24, 2.45) is 0 Å². The average Bonchev–Trinajstić information content (AvgIpc) is 2.32. The third-order valence-electron chi connectivity index (χ3n) is 2.84. The number of likely N-dealkylation sites (N-methyl/N-ethyl adjacent to an activating group) is 1. The van der Waals surface area contributed by atoms with Gasteiger partial charge in [0.25, 0.3) is 5.91 Å². The van der Waals surface area contributed by atoms with Gasteiger partial charge in [-0.1, -0.05) is 23.2 Å². The molecule has 1 amide bonds. The third-order valence-corrected chi connectivity index (χ3v) is 3.44. The van der Waals surface area contributed by atoms with Gasteiger partial charge >= 0.3 is 0 Å². The summed E-state index contributed by atoms with van der Waals surface area (Å²) < 4.78 is 13.4. The molecular formula is C12H14Cl2FNO2. The molecule has 0 saturated carbocycles. The summed E-state index contributed by atoms with van der Waals surface area (Å²) in [7, 11) is 1.52. The van der Waals surface area contributed by atoms with Crippen molar-refractivity contribution in [1.82, 2.24) is 4.90 Å². The van der Waals surface area contributed by atoms with Gasteiger partial charge in [-0.25, -0.2) is 4.39 Å². The van der Waals surface area contributed by atoms with Crippen molar-refractivity contribution >= 4 is 29.1 Å². The summed E-state index contributed by atoms with van der Waals surface area (Å²) in [6.45, 7) is 3.15. The number of amides is 1. The van der Waals surface area contributed by atoms with Crippen molar-refractivity contribution in [3.63, 3.8) is 0 Å². The van der Waals surface area contributed by atoms with Crippen LogP contribution in [0.3, 0.4) is 0 Å². The first kappa shape index (κ1) is 15.2. The van der Waals surface area contributed by atoms with E-state index < -0.39 is 17.3 Å². The number of halogens is 3. The van der Waals surface area contributed by atoms with Crippen LogP contribution >= 0.6 is 23.2 Å². The Balaban J connectivity index is 3.16. The van der Waals surface area contributed by atoms with Gasteiger partial charge in [0.15, 0.2) is 0 Å². The highest BCUT2D eigenvalue weighted by Gasteiger charge is 2.29. The Bertz CT molecular complexity index is 477. The van der Waals surface area contributed by atoms with Gasteiger partial charge < -0.3 is 10.0 Å². The highest BCUT2D eigenvalue weighted by Crippen LogP contribution is 2.26. The van der Waals surface area contributed by atoms with Crippen molar-refractivity contribution in [2.75, 3.05) is 13.7 Å². The second-order valence-electron chi connectivity index (χ2n) is 4.58. The highest BCUT2D eigenvalue weighted by molar-refractivity contribution is 6.36. The summed E-state index contributed by atoms with van der Waals surface area (Å²) in [4.78, 5) is 13.5. The molecule has 0 aromatic heterocycles. The maximum absolute atomic E-state index is 13.4. The van der Waals surface area contributed by atoms with Crippen LogP contribution in [-0.4, -0.2) is 35.1 Å². The van der Waals surface area contributed by atoms with Crippen LogP contribution in [0, 0.1) is 5.82 Å². The van der Waals surface area contributed by atoms with E-state index in [-0.39, 0.29) is 22.2 Å². The normalized spacial score (nSPS) is 11.5. The number of aliphatic hydroxyl groups excluding tert-OH is 1. The molecule has 0 aliphatic carbocycles. The zero-order chi connectivity index (χ0) is 14.1. The molecule has 1 aromatic carbocycles. The number of rotatable bonds is 3. The molecule has 1 rings (SSSR count). The lowest BCUT2D eigenvalue weighted by Crippen LogP contribution is -2.47. The molecule has 0 unspecified atom stereocenters. The zero-order valence-corrected chi connectivity index (χ0v) is 11.8. The number of hydrogen-bond acceptors (Lipinski definition) is 2. The lowest BCUT2D eigenvalue weighted by molar-refractivity contribution is 0.0473. The standard InChI is InChI=1S/C12H14Cl2FNO2/c1-12(2,6-17)16(3)11(18)7-4-10(15)9(14)5-8(7)13/h4-5,17H,6H2,1-3H3. The van der Waals surface area contributed by atoms with E-state index in [0.717, 1.165) is 6.07 Å². The zero-order valence-electron chi connectivity index (χ0n) is 10.3. The van der Waals surface area contributed by atoms with Crippen molar-refractivity contribution in [2.45, 2.75) is 19.4 Å². The molecule has 1 aromatic rings. The molecule has 3 nitrogen and oxygen atoms in total. The van der Waals surface area contributed by atoms with Crippen molar-refractivity contribution in [1.29, 1.82) is 0 Å². The smallest absolute Gasteiger partial charge is 0.255 e. The molecule has 0 heterocycles. The largest absolute Gasteiger partial charge is 0.394 e. The summed E-state index contributed by atoms with van der Waals surface area (Å²) >= 11 is 11.4. The minimum atomic E-state index is -0.767. The molecule has 0 atom stereocenters. The lowest BCUT2D eigenvalue weighted by Gasteiger charge is -2.34. The van der Waals surface area contributed by atoms with E-state index in [9.17, 15) is 14.3 Å². The molecule has 6 heteroatoms. The quantitative estimate of drug-likeness (QED) is 0.871. The van der Waals surface area contributed by atoms with Crippen LogP contribution in [0.5, 0.6) is 0 Å². The molecule has 18 heavy (non-hydrogen) atoms. The Kier molecular flexibility index (Phi) is 4.59. The molecule has 0 fully saturated rings. The maximum atomic E-state index is 13.4. The van der Waals surface area contributed by atoms with E-state index in [4.69, 9.17) is 23.2 Å².